The number of aliphatic hydroxyl groups is 1. The molecule has 2 amide bonds. The van der Waals surface area contributed by atoms with Crippen LogP contribution in [0, 0.1) is 17.0 Å². The van der Waals surface area contributed by atoms with Gasteiger partial charge in [0.05, 0.1) is 12.1 Å². The number of carboxylic acid groups (broad SMARTS) is 1. The quantitative estimate of drug-likeness (QED) is 0.256. The van der Waals surface area contributed by atoms with Crippen molar-refractivity contribution in [3.05, 3.63) is 83.7 Å². The number of aromatic nitrogens is 1. The SMILES string of the molecule is CC(NC(=O)C(N)CCN(C(=O)CO)C(c1cc(-c2cc(F)ccc2F)cn1Cc1ccccc1)C(C)(C)C)C(=O)O. The molecule has 0 radical (unpaired) electrons. The van der Waals surface area contributed by atoms with Crippen molar-refractivity contribution in [2.45, 2.75) is 58.8 Å². The van der Waals surface area contributed by atoms with Crippen molar-refractivity contribution in [2.75, 3.05) is 13.2 Å². The first-order chi connectivity index (χ1) is 19.7. The van der Waals surface area contributed by atoms with Crippen LogP contribution < -0.4 is 11.1 Å². The normalized spacial score (nSPS) is 13.7. The Morgan fingerprint density at radius 2 is 1.74 bits per heavy atom. The Bertz CT molecular complexity index is 1400. The van der Waals surface area contributed by atoms with E-state index in [1.807, 2.05) is 55.7 Å². The highest BCUT2D eigenvalue weighted by Gasteiger charge is 2.37. The number of hydrogen-bond acceptors (Lipinski definition) is 5. The molecule has 1 aromatic heterocycles. The molecule has 3 rings (SSSR count). The Balaban J connectivity index is 2.08. The summed E-state index contributed by atoms with van der Waals surface area (Å²) in [5.41, 5.74) is 7.41. The largest absolute Gasteiger partial charge is 0.480 e. The van der Waals surface area contributed by atoms with Crippen molar-refractivity contribution in [3.8, 4) is 11.1 Å². The number of nitrogens with zero attached hydrogens (tertiary/aromatic N) is 2. The van der Waals surface area contributed by atoms with E-state index < -0.39 is 59.6 Å². The summed E-state index contributed by atoms with van der Waals surface area (Å²) in [4.78, 5) is 38.3. The molecule has 0 saturated carbocycles. The number of rotatable bonds is 12. The van der Waals surface area contributed by atoms with Crippen LogP contribution in [0.15, 0.2) is 60.8 Å². The number of carbonyl (C=O) groups excluding carboxylic acids is 2. The zero-order valence-electron chi connectivity index (χ0n) is 24.2. The standard InChI is InChI=1S/C31H38F2N4O5/c1-19(30(41)42)35-29(40)25(34)12-13-37(27(39)18-38)28(31(2,3)4)26-14-21(23-15-22(32)10-11-24(23)33)17-36(26)16-20-8-6-5-7-9-20/h5-11,14-15,17,19,25,28,38H,12-13,16,18,34H2,1-4H3,(H,35,40)(H,41,42). The molecule has 0 bridgehead atoms. The summed E-state index contributed by atoms with van der Waals surface area (Å²) in [6.45, 7) is 6.52. The average molecular weight is 585 g/mol. The molecule has 226 valence electrons. The van der Waals surface area contributed by atoms with Gasteiger partial charge in [0.25, 0.3) is 0 Å². The van der Waals surface area contributed by atoms with E-state index in [-0.39, 0.29) is 18.5 Å². The molecule has 11 heteroatoms. The Morgan fingerprint density at radius 3 is 2.33 bits per heavy atom. The van der Waals surface area contributed by atoms with Crippen molar-refractivity contribution >= 4 is 17.8 Å². The molecule has 3 aromatic rings. The molecule has 0 aliphatic carbocycles. The van der Waals surface area contributed by atoms with Gasteiger partial charge < -0.3 is 30.7 Å². The fourth-order valence-electron chi connectivity index (χ4n) is 4.89. The molecule has 1 heterocycles. The first-order valence-electron chi connectivity index (χ1n) is 13.6. The van der Waals surface area contributed by atoms with Crippen LogP contribution in [0.2, 0.25) is 0 Å². The molecule has 9 nitrogen and oxygen atoms in total. The summed E-state index contributed by atoms with van der Waals surface area (Å²) in [6, 6.07) is 11.4. The van der Waals surface area contributed by atoms with E-state index in [0.717, 1.165) is 23.8 Å². The monoisotopic (exact) mass is 584 g/mol. The zero-order valence-corrected chi connectivity index (χ0v) is 24.2. The number of amides is 2. The van der Waals surface area contributed by atoms with Crippen molar-refractivity contribution in [1.29, 1.82) is 0 Å². The van der Waals surface area contributed by atoms with Gasteiger partial charge in [-0.05, 0) is 48.6 Å². The van der Waals surface area contributed by atoms with Crippen LogP contribution in [0.25, 0.3) is 11.1 Å². The van der Waals surface area contributed by atoms with Gasteiger partial charge in [0, 0.05) is 36.1 Å². The minimum Gasteiger partial charge on any atom is -0.480 e. The number of benzene rings is 2. The average Bonchev–Trinajstić information content (AvgIpc) is 3.33. The van der Waals surface area contributed by atoms with Gasteiger partial charge in [-0.15, -0.1) is 0 Å². The third-order valence-corrected chi connectivity index (χ3v) is 6.98. The predicted molar refractivity (Wildman–Crippen MR) is 154 cm³/mol. The molecule has 0 saturated heterocycles. The van der Waals surface area contributed by atoms with Crippen LogP contribution in [0.4, 0.5) is 8.78 Å². The number of halogens is 2. The molecule has 0 aliphatic rings. The lowest BCUT2D eigenvalue weighted by molar-refractivity contribution is -0.141. The Kier molecular flexibility index (Phi) is 10.6. The summed E-state index contributed by atoms with van der Waals surface area (Å²) in [7, 11) is 0. The van der Waals surface area contributed by atoms with E-state index in [1.54, 1.807) is 12.3 Å². The third kappa shape index (κ3) is 8.01. The van der Waals surface area contributed by atoms with Gasteiger partial charge in [0.1, 0.15) is 24.3 Å². The number of hydrogen-bond donors (Lipinski definition) is 4. The van der Waals surface area contributed by atoms with E-state index in [2.05, 4.69) is 5.32 Å². The zero-order chi connectivity index (χ0) is 31.2. The fraction of sp³-hybridized carbons (Fsp3) is 0.387. The lowest BCUT2D eigenvalue weighted by Gasteiger charge is -2.41. The highest BCUT2D eigenvalue weighted by molar-refractivity contribution is 5.86. The predicted octanol–water partition coefficient (Wildman–Crippen LogP) is 3.70. The van der Waals surface area contributed by atoms with Crippen molar-refractivity contribution in [2.24, 2.45) is 11.1 Å². The lowest BCUT2D eigenvalue weighted by atomic mass is 9.82. The molecule has 2 aromatic carbocycles. The summed E-state index contributed by atoms with van der Waals surface area (Å²) >= 11 is 0. The first kappa shape index (κ1) is 32.4. The summed E-state index contributed by atoms with van der Waals surface area (Å²) in [5, 5.41) is 21.3. The van der Waals surface area contributed by atoms with E-state index in [9.17, 15) is 28.3 Å². The third-order valence-electron chi connectivity index (χ3n) is 6.98. The Hall–Kier alpha value is -4.09. The molecule has 0 spiro atoms. The van der Waals surface area contributed by atoms with Crippen LogP contribution in [-0.4, -0.2) is 62.7 Å². The van der Waals surface area contributed by atoms with E-state index in [1.165, 1.54) is 11.8 Å². The van der Waals surface area contributed by atoms with E-state index in [4.69, 9.17) is 10.8 Å². The van der Waals surface area contributed by atoms with E-state index >= 15 is 0 Å². The first-order valence-corrected chi connectivity index (χ1v) is 13.6. The van der Waals surface area contributed by atoms with E-state index in [0.29, 0.717) is 17.8 Å². The highest BCUT2D eigenvalue weighted by Crippen LogP contribution is 2.41. The molecular weight excluding hydrogens is 546 g/mol. The molecule has 0 fully saturated rings. The topological polar surface area (TPSA) is 138 Å². The molecule has 3 unspecified atom stereocenters. The fourth-order valence-corrected chi connectivity index (χ4v) is 4.89. The minimum absolute atomic E-state index is 0.0265. The second-order valence-corrected chi connectivity index (χ2v) is 11.4. The van der Waals surface area contributed by atoms with Crippen molar-refractivity contribution in [1.82, 2.24) is 14.8 Å². The van der Waals surface area contributed by atoms with Crippen molar-refractivity contribution < 1.29 is 33.4 Å². The Morgan fingerprint density at radius 1 is 1.07 bits per heavy atom. The number of carboxylic acids is 1. The smallest absolute Gasteiger partial charge is 0.325 e. The molecule has 5 N–H and O–H groups in total. The molecular formula is C31H38F2N4O5. The van der Waals surface area contributed by atoms with Gasteiger partial charge in [-0.1, -0.05) is 51.1 Å². The number of carbonyl (C=O) groups is 3. The summed E-state index contributed by atoms with van der Waals surface area (Å²) in [6.07, 6.45) is 1.67. The number of aliphatic carboxylic acids is 1. The maximum absolute atomic E-state index is 14.9. The van der Waals surface area contributed by atoms with Gasteiger partial charge in [-0.25, -0.2) is 8.78 Å². The van der Waals surface area contributed by atoms with Crippen LogP contribution in [0.1, 0.15) is 51.4 Å². The summed E-state index contributed by atoms with van der Waals surface area (Å²) < 4.78 is 30.9. The maximum Gasteiger partial charge on any atom is 0.325 e. The number of nitrogens with one attached hydrogen (secondary N) is 1. The molecule has 42 heavy (non-hydrogen) atoms. The molecule has 3 atom stereocenters. The van der Waals surface area contributed by atoms with Gasteiger partial charge in [-0.2, -0.15) is 0 Å². The van der Waals surface area contributed by atoms with Crippen molar-refractivity contribution in [3.63, 3.8) is 0 Å². The van der Waals surface area contributed by atoms with Crippen LogP contribution >= 0.6 is 0 Å². The van der Waals surface area contributed by atoms with Crippen LogP contribution in [-0.2, 0) is 20.9 Å². The Labute approximate surface area is 243 Å². The van der Waals surface area contributed by atoms with Gasteiger partial charge >= 0.3 is 5.97 Å². The molecule has 0 aliphatic heterocycles. The van der Waals surface area contributed by atoms with Gasteiger partial charge in [-0.3, -0.25) is 14.4 Å². The second kappa shape index (κ2) is 13.7. The second-order valence-electron chi connectivity index (χ2n) is 11.4. The van der Waals surface area contributed by atoms with Crippen LogP contribution in [0.5, 0.6) is 0 Å². The summed E-state index contributed by atoms with van der Waals surface area (Å²) in [5.74, 6) is -3.73. The lowest BCUT2D eigenvalue weighted by Crippen LogP contribution is -2.50. The van der Waals surface area contributed by atoms with Gasteiger partial charge in [0.2, 0.25) is 11.8 Å². The van der Waals surface area contributed by atoms with Crippen LogP contribution in [0.3, 0.4) is 0 Å². The number of nitrogens with two attached hydrogens (primary N) is 1. The van der Waals surface area contributed by atoms with Gasteiger partial charge in [0.15, 0.2) is 0 Å². The highest BCUT2D eigenvalue weighted by atomic mass is 19.1. The minimum atomic E-state index is -1.22. The maximum atomic E-state index is 14.9. The number of aliphatic hydroxyl groups excluding tert-OH is 1.